The molecule has 1 aromatic heterocycles. The fourth-order valence-corrected chi connectivity index (χ4v) is 2.27. The van der Waals surface area contributed by atoms with E-state index in [-0.39, 0.29) is 5.95 Å². The van der Waals surface area contributed by atoms with Crippen molar-refractivity contribution >= 4 is 0 Å². The molecular formula is C13H20FN3. The highest BCUT2D eigenvalue weighted by Crippen LogP contribution is 2.10. The summed E-state index contributed by atoms with van der Waals surface area (Å²) in [6, 6.07) is 3.62. The van der Waals surface area contributed by atoms with E-state index < -0.39 is 0 Å². The summed E-state index contributed by atoms with van der Waals surface area (Å²) < 4.78 is 13.4. The van der Waals surface area contributed by atoms with E-state index in [1.165, 1.54) is 19.2 Å². The van der Waals surface area contributed by atoms with Crippen molar-refractivity contribution in [3.05, 3.63) is 29.8 Å². The smallest absolute Gasteiger partial charge is 0.217 e. The van der Waals surface area contributed by atoms with Gasteiger partial charge in [-0.25, -0.2) is 4.98 Å². The van der Waals surface area contributed by atoms with Gasteiger partial charge in [-0.2, -0.15) is 4.39 Å². The molecule has 2 rings (SSSR count). The van der Waals surface area contributed by atoms with E-state index in [0.29, 0.717) is 12.1 Å². The predicted octanol–water partition coefficient (Wildman–Crippen LogP) is 1.75. The molecule has 0 bridgehead atoms. The van der Waals surface area contributed by atoms with Crippen molar-refractivity contribution in [2.75, 3.05) is 32.7 Å². The quantitative estimate of drug-likeness (QED) is 0.744. The minimum absolute atomic E-state index is 0.330. The first-order chi connectivity index (χ1) is 8.29. The summed E-state index contributed by atoms with van der Waals surface area (Å²) in [6.07, 6.45) is 2.70. The van der Waals surface area contributed by atoms with Crippen LogP contribution in [0.15, 0.2) is 18.3 Å². The van der Waals surface area contributed by atoms with E-state index in [2.05, 4.69) is 21.7 Å². The first kappa shape index (κ1) is 12.5. The SMILES string of the molecule is CCCN1CCN(Cc2cccnc2F)CC1. The summed E-state index contributed by atoms with van der Waals surface area (Å²) in [4.78, 5) is 8.45. The summed E-state index contributed by atoms with van der Waals surface area (Å²) in [5.74, 6) is -0.330. The van der Waals surface area contributed by atoms with E-state index in [0.717, 1.165) is 26.2 Å². The number of aromatic nitrogens is 1. The van der Waals surface area contributed by atoms with Crippen LogP contribution in [-0.4, -0.2) is 47.5 Å². The number of hydrogen-bond acceptors (Lipinski definition) is 3. The number of rotatable bonds is 4. The summed E-state index contributed by atoms with van der Waals surface area (Å²) in [6.45, 7) is 8.29. The molecule has 1 saturated heterocycles. The highest BCUT2D eigenvalue weighted by Gasteiger charge is 2.17. The number of halogens is 1. The predicted molar refractivity (Wildman–Crippen MR) is 66.2 cm³/mol. The van der Waals surface area contributed by atoms with E-state index in [4.69, 9.17) is 0 Å². The Bertz CT molecular complexity index is 348. The zero-order chi connectivity index (χ0) is 12.1. The van der Waals surface area contributed by atoms with E-state index in [9.17, 15) is 4.39 Å². The average molecular weight is 237 g/mol. The topological polar surface area (TPSA) is 19.4 Å². The maximum absolute atomic E-state index is 13.4. The summed E-state index contributed by atoms with van der Waals surface area (Å²) in [5, 5.41) is 0. The lowest BCUT2D eigenvalue weighted by atomic mass is 10.2. The Hall–Kier alpha value is -1.00. The standard InChI is InChI=1S/C13H20FN3/c1-2-6-16-7-9-17(10-8-16)11-12-4-3-5-15-13(12)14/h3-5H,2,6-11H2,1H3. The third-order valence-electron chi connectivity index (χ3n) is 3.24. The lowest BCUT2D eigenvalue weighted by Gasteiger charge is -2.34. The summed E-state index contributed by atoms with van der Waals surface area (Å²) in [5.41, 5.74) is 0.705. The van der Waals surface area contributed by atoms with Crippen molar-refractivity contribution in [3.8, 4) is 0 Å². The van der Waals surface area contributed by atoms with Crippen LogP contribution < -0.4 is 0 Å². The van der Waals surface area contributed by atoms with Gasteiger partial charge in [-0.15, -0.1) is 0 Å². The van der Waals surface area contributed by atoms with E-state index in [1.54, 1.807) is 6.07 Å². The normalized spacial score (nSPS) is 18.5. The molecular weight excluding hydrogens is 217 g/mol. The van der Waals surface area contributed by atoms with Crippen LogP contribution in [0.5, 0.6) is 0 Å². The molecule has 1 aromatic rings. The summed E-state index contributed by atoms with van der Waals surface area (Å²) >= 11 is 0. The van der Waals surface area contributed by atoms with Gasteiger partial charge in [0.25, 0.3) is 0 Å². The molecule has 0 aromatic carbocycles. The van der Waals surface area contributed by atoms with Gasteiger partial charge in [0.2, 0.25) is 5.95 Å². The van der Waals surface area contributed by atoms with Crippen molar-refractivity contribution in [1.82, 2.24) is 14.8 Å². The fourth-order valence-electron chi connectivity index (χ4n) is 2.27. The first-order valence-electron chi connectivity index (χ1n) is 6.33. The molecule has 0 saturated carbocycles. The van der Waals surface area contributed by atoms with Gasteiger partial charge in [-0.1, -0.05) is 13.0 Å². The number of pyridine rings is 1. The lowest BCUT2D eigenvalue weighted by Crippen LogP contribution is -2.46. The number of piperazine rings is 1. The van der Waals surface area contributed by atoms with Gasteiger partial charge in [0.05, 0.1) is 0 Å². The molecule has 0 radical (unpaired) electrons. The Morgan fingerprint density at radius 3 is 2.59 bits per heavy atom. The van der Waals surface area contributed by atoms with Crippen LogP contribution in [0.4, 0.5) is 4.39 Å². The molecule has 3 nitrogen and oxygen atoms in total. The molecule has 4 heteroatoms. The molecule has 0 N–H and O–H groups in total. The van der Waals surface area contributed by atoms with Crippen molar-refractivity contribution in [1.29, 1.82) is 0 Å². The second-order valence-electron chi connectivity index (χ2n) is 4.57. The summed E-state index contributed by atoms with van der Waals surface area (Å²) in [7, 11) is 0. The van der Waals surface area contributed by atoms with Gasteiger partial charge in [-0.05, 0) is 19.0 Å². The maximum Gasteiger partial charge on any atom is 0.217 e. The lowest BCUT2D eigenvalue weighted by molar-refractivity contribution is 0.126. The van der Waals surface area contributed by atoms with Gasteiger partial charge in [0, 0.05) is 44.5 Å². The van der Waals surface area contributed by atoms with Crippen LogP contribution in [0, 0.1) is 5.95 Å². The first-order valence-corrected chi connectivity index (χ1v) is 6.33. The molecule has 0 aliphatic carbocycles. The number of hydrogen-bond donors (Lipinski definition) is 0. The van der Waals surface area contributed by atoms with Crippen LogP contribution in [0.3, 0.4) is 0 Å². The van der Waals surface area contributed by atoms with E-state index >= 15 is 0 Å². The van der Waals surface area contributed by atoms with Crippen LogP contribution in [0.25, 0.3) is 0 Å². The average Bonchev–Trinajstić information content (AvgIpc) is 2.35. The number of nitrogens with zero attached hydrogens (tertiary/aromatic N) is 3. The largest absolute Gasteiger partial charge is 0.301 e. The van der Waals surface area contributed by atoms with Crippen LogP contribution in [-0.2, 0) is 6.54 Å². The molecule has 2 heterocycles. The van der Waals surface area contributed by atoms with E-state index in [1.807, 2.05) is 6.07 Å². The second kappa shape index (κ2) is 6.07. The van der Waals surface area contributed by atoms with Crippen molar-refractivity contribution in [2.24, 2.45) is 0 Å². The molecule has 1 fully saturated rings. The zero-order valence-electron chi connectivity index (χ0n) is 10.4. The fraction of sp³-hybridized carbons (Fsp3) is 0.615. The molecule has 17 heavy (non-hydrogen) atoms. The maximum atomic E-state index is 13.4. The zero-order valence-corrected chi connectivity index (χ0v) is 10.4. The molecule has 0 atom stereocenters. The van der Waals surface area contributed by atoms with Crippen LogP contribution in [0.1, 0.15) is 18.9 Å². The van der Waals surface area contributed by atoms with Crippen molar-refractivity contribution in [3.63, 3.8) is 0 Å². The Morgan fingerprint density at radius 2 is 1.94 bits per heavy atom. The Morgan fingerprint density at radius 1 is 1.24 bits per heavy atom. The Kier molecular flexibility index (Phi) is 4.45. The highest BCUT2D eigenvalue weighted by molar-refractivity contribution is 5.10. The van der Waals surface area contributed by atoms with Gasteiger partial charge < -0.3 is 4.90 Å². The molecule has 0 spiro atoms. The minimum Gasteiger partial charge on any atom is -0.301 e. The molecule has 0 amide bonds. The Labute approximate surface area is 102 Å². The molecule has 0 unspecified atom stereocenters. The molecule has 1 aliphatic rings. The third kappa shape index (κ3) is 3.48. The minimum atomic E-state index is -0.330. The van der Waals surface area contributed by atoms with Crippen LogP contribution in [0.2, 0.25) is 0 Å². The monoisotopic (exact) mass is 237 g/mol. The highest BCUT2D eigenvalue weighted by atomic mass is 19.1. The Balaban J connectivity index is 1.84. The van der Waals surface area contributed by atoms with Crippen molar-refractivity contribution in [2.45, 2.75) is 19.9 Å². The second-order valence-corrected chi connectivity index (χ2v) is 4.57. The van der Waals surface area contributed by atoms with Gasteiger partial charge in [0.15, 0.2) is 0 Å². The third-order valence-corrected chi connectivity index (χ3v) is 3.24. The van der Waals surface area contributed by atoms with Crippen molar-refractivity contribution < 1.29 is 4.39 Å². The van der Waals surface area contributed by atoms with Gasteiger partial charge >= 0.3 is 0 Å². The molecule has 1 aliphatic heterocycles. The van der Waals surface area contributed by atoms with Gasteiger partial charge in [0.1, 0.15) is 0 Å². The molecule has 94 valence electrons. The van der Waals surface area contributed by atoms with Crippen LogP contribution >= 0.6 is 0 Å². The van der Waals surface area contributed by atoms with Gasteiger partial charge in [-0.3, -0.25) is 4.90 Å².